The second-order valence-electron chi connectivity index (χ2n) is 3.11. The molecule has 0 aliphatic heterocycles. The molecule has 0 aromatic heterocycles. The number of fused-ring (bicyclic) bond motifs is 1. The fraction of sp³-hybridized carbons (Fsp3) is 0.0909. The van der Waals surface area contributed by atoms with Gasteiger partial charge in [0, 0.05) is 11.1 Å². The third kappa shape index (κ3) is 1.98. The van der Waals surface area contributed by atoms with Crippen molar-refractivity contribution in [1.29, 1.82) is 0 Å². The molecule has 0 saturated heterocycles. The van der Waals surface area contributed by atoms with Gasteiger partial charge in [-0.3, -0.25) is 0 Å². The molecule has 0 radical (unpaired) electrons. The third-order valence-electron chi connectivity index (χ3n) is 2.11. The second kappa shape index (κ2) is 3.73. The van der Waals surface area contributed by atoms with Crippen LogP contribution in [0.15, 0.2) is 36.4 Å². The van der Waals surface area contributed by atoms with E-state index in [0.717, 1.165) is 10.8 Å². The summed E-state index contributed by atoms with van der Waals surface area (Å²) in [7, 11) is 0. The molecule has 0 saturated carbocycles. The Balaban J connectivity index is 2.50. The van der Waals surface area contributed by atoms with Crippen LogP contribution in [0.25, 0.3) is 10.8 Å². The fourth-order valence-electron chi connectivity index (χ4n) is 1.45. The van der Waals surface area contributed by atoms with Gasteiger partial charge in [0.05, 0.1) is 0 Å². The van der Waals surface area contributed by atoms with Crippen LogP contribution in [-0.2, 0) is 0 Å². The lowest BCUT2D eigenvalue weighted by molar-refractivity contribution is -0.0497. The highest BCUT2D eigenvalue weighted by Crippen LogP contribution is 2.26. The molecule has 0 unspecified atom stereocenters. The van der Waals surface area contributed by atoms with E-state index >= 15 is 0 Å². The lowest BCUT2D eigenvalue weighted by Gasteiger charge is -2.06. The lowest BCUT2D eigenvalue weighted by Crippen LogP contribution is -2.01. The van der Waals surface area contributed by atoms with Crippen molar-refractivity contribution in [2.75, 3.05) is 5.73 Å². The topological polar surface area (TPSA) is 35.2 Å². The van der Waals surface area contributed by atoms with E-state index in [2.05, 4.69) is 4.74 Å². The molecule has 2 aromatic carbocycles. The summed E-state index contributed by atoms with van der Waals surface area (Å²) in [5.74, 6) is 0.121. The van der Waals surface area contributed by atoms with Crippen molar-refractivity contribution in [3.8, 4) is 5.75 Å². The summed E-state index contributed by atoms with van der Waals surface area (Å²) in [6.07, 6.45) is 0. The zero-order valence-corrected chi connectivity index (χ0v) is 7.78. The van der Waals surface area contributed by atoms with Crippen molar-refractivity contribution >= 4 is 16.5 Å². The number of nitrogens with two attached hydrogens (primary N) is 1. The molecule has 78 valence electrons. The van der Waals surface area contributed by atoms with E-state index in [1.54, 1.807) is 12.1 Å². The van der Waals surface area contributed by atoms with Crippen molar-refractivity contribution in [1.82, 2.24) is 0 Å². The molecule has 0 fully saturated rings. The zero-order chi connectivity index (χ0) is 10.8. The smallest absolute Gasteiger partial charge is 0.387 e. The summed E-state index contributed by atoms with van der Waals surface area (Å²) in [6.45, 7) is -2.81. The van der Waals surface area contributed by atoms with Crippen LogP contribution in [0.4, 0.5) is 14.5 Å². The number of anilines is 1. The fourth-order valence-corrected chi connectivity index (χ4v) is 1.45. The van der Waals surface area contributed by atoms with Crippen molar-refractivity contribution in [3.63, 3.8) is 0 Å². The molecule has 4 heteroatoms. The Morgan fingerprint density at radius 1 is 1.13 bits per heavy atom. The monoisotopic (exact) mass is 209 g/mol. The number of hydrogen-bond acceptors (Lipinski definition) is 2. The Hall–Kier alpha value is -1.84. The molecule has 0 amide bonds. The van der Waals surface area contributed by atoms with Gasteiger partial charge in [0.1, 0.15) is 5.75 Å². The average Bonchev–Trinajstić information content (AvgIpc) is 2.18. The minimum Gasteiger partial charge on any atom is -0.435 e. The van der Waals surface area contributed by atoms with Gasteiger partial charge in [0.15, 0.2) is 0 Å². The highest BCUT2D eigenvalue weighted by Gasteiger charge is 2.05. The van der Waals surface area contributed by atoms with E-state index in [1.807, 2.05) is 12.1 Å². The number of benzene rings is 2. The predicted molar refractivity (Wildman–Crippen MR) is 55.0 cm³/mol. The third-order valence-corrected chi connectivity index (χ3v) is 2.11. The quantitative estimate of drug-likeness (QED) is 0.771. The molecule has 0 heterocycles. The van der Waals surface area contributed by atoms with Crippen molar-refractivity contribution < 1.29 is 13.5 Å². The Bertz CT molecular complexity index is 485. The molecule has 0 atom stereocenters. The molecule has 2 nitrogen and oxygen atoms in total. The van der Waals surface area contributed by atoms with E-state index in [-0.39, 0.29) is 5.75 Å². The summed E-state index contributed by atoms with van der Waals surface area (Å²) in [5.41, 5.74) is 6.26. The van der Waals surface area contributed by atoms with Crippen LogP contribution in [0.5, 0.6) is 5.75 Å². The lowest BCUT2D eigenvalue weighted by atomic mass is 10.1. The van der Waals surface area contributed by atoms with E-state index in [4.69, 9.17) is 5.73 Å². The number of ether oxygens (including phenoxy) is 1. The van der Waals surface area contributed by atoms with Crippen LogP contribution in [0.1, 0.15) is 0 Å². The Kier molecular flexibility index (Phi) is 2.41. The largest absolute Gasteiger partial charge is 0.435 e. The van der Waals surface area contributed by atoms with Gasteiger partial charge in [-0.2, -0.15) is 8.78 Å². The number of nitrogen functional groups attached to an aromatic ring is 1. The molecule has 0 aliphatic carbocycles. The first-order valence-electron chi connectivity index (χ1n) is 4.40. The number of alkyl halides is 2. The van der Waals surface area contributed by atoms with Gasteiger partial charge in [-0.05, 0) is 23.6 Å². The first-order valence-corrected chi connectivity index (χ1v) is 4.40. The highest BCUT2D eigenvalue weighted by atomic mass is 19.3. The van der Waals surface area contributed by atoms with E-state index in [9.17, 15) is 8.78 Å². The van der Waals surface area contributed by atoms with Crippen LogP contribution in [0.3, 0.4) is 0 Å². The zero-order valence-electron chi connectivity index (χ0n) is 7.78. The molecule has 2 N–H and O–H groups in total. The number of hydrogen-bond donors (Lipinski definition) is 1. The number of halogens is 2. The van der Waals surface area contributed by atoms with E-state index in [0.29, 0.717) is 5.69 Å². The van der Waals surface area contributed by atoms with Crippen LogP contribution in [0, 0.1) is 0 Å². The molecular weight excluding hydrogens is 200 g/mol. The van der Waals surface area contributed by atoms with Gasteiger partial charge in [-0.25, -0.2) is 0 Å². The first kappa shape index (κ1) is 9.71. The first-order chi connectivity index (χ1) is 7.16. The maximum Gasteiger partial charge on any atom is 0.387 e. The minimum atomic E-state index is -2.81. The molecule has 15 heavy (non-hydrogen) atoms. The van der Waals surface area contributed by atoms with Gasteiger partial charge in [-0.1, -0.05) is 18.2 Å². The van der Waals surface area contributed by atoms with Gasteiger partial charge < -0.3 is 10.5 Å². The molecule has 0 aliphatic rings. The predicted octanol–water partition coefficient (Wildman–Crippen LogP) is 3.02. The van der Waals surface area contributed by atoms with E-state index in [1.165, 1.54) is 12.1 Å². The van der Waals surface area contributed by atoms with Crippen molar-refractivity contribution in [3.05, 3.63) is 36.4 Å². The van der Waals surface area contributed by atoms with Gasteiger partial charge >= 0.3 is 6.61 Å². The van der Waals surface area contributed by atoms with Crippen molar-refractivity contribution in [2.24, 2.45) is 0 Å². The highest BCUT2D eigenvalue weighted by molar-refractivity contribution is 5.93. The van der Waals surface area contributed by atoms with E-state index < -0.39 is 6.61 Å². The van der Waals surface area contributed by atoms with Gasteiger partial charge in [0.2, 0.25) is 0 Å². The molecule has 2 rings (SSSR count). The summed E-state index contributed by atoms with van der Waals surface area (Å²) >= 11 is 0. The van der Waals surface area contributed by atoms with Crippen LogP contribution in [-0.4, -0.2) is 6.61 Å². The summed E-state index contributed by atoms with van der Waals surface area (Å²) in [4.78, 5) is 0. The Morgan fingerprint density at radius 3 is 2.67 bits per heavy atom. The van der Waals surface area contributed by atoms with Crippen LogP contribution < -0.4 is 10.5 Å². The molecule has 0 spiro atoms. The summed E-state index contributed by atoms with van der Waals surface area (Å²) in [5, 5.41) is 1.62. The molecule has 0 bridgehead atoms. The number of rotatable bonds is 2. The summed E-state index contributed by atoms with van der Waals surface area (Å²) in [6, 6.07) is 10.1. The van der Waals surface area contributed by atoms with Crippen LogP contribution in [0.2, 0.25) is 0 Å². The Labute approximate surface area is 85.3 Å². The SMILES string of the molecule is Nc1cccc2ccc(OC(F)F)cc12. The average molecular weight is 209 g/mol. The minimum absolute atomic E-state index is 0.121. The van der Waals surface area contributed by atoms with Gasteiger partial charge in [-0.15, -0.1) is 0 Å². The maximum absolute atomic E-state index is 12.0. The van der Waals surface area contributed by atoms with Gasteiger partial charge in [0.25, 0.3) is 0 Å². The normalized spacial score (nSPS) is 10.9. The summed E-state index contributed by atoms with van der Waals surface area (Å²) < 4.78 is 28.2. The second-order valence-corrected chi connectivity index (χ2v) is 3.11. The standard InChI is InChI=1S/C11H9F2NO/c12-11(13)15-8-5-4-7-2-1-3-10(14)9(7)6-8/h1-6,11H,14H2. The Morgan fingerprint density at radius 2 is 1.93 bits per heavy atom. The molecule has 2 aromatic rings. The van der Waals surface area contributed by atoms with Crippen LogP contribution >= 0.6 is 0 Å². The maximum atomic E-state index is 12.0. The van der Waals surface area contributed by atoms with Crippen molar-refractivity contribution in [2.45, 2.75) is 6.61 Å². The molecular formula is C11H9F2NO.